The molecule has 20 heavy (non-hydrogen) atoms. The third kappa shape index (κ3) is 3.23. The zero-order valence-electron chi connectivity index (χ0n) is 11.2. The summed E-state index contributed by atoms with van der Waals surface area (Å²) >= 11 is 0. The molecule has 0 aliphatic heterocycles. The monoisotopic (exact) mass is 283 g/mol. The second-order valence-corrected chi connectivity index (χ2v) is 4.51. The number of alkyl halides is 2. The van der Waals surface area contributed by atoms with Gasteiger partial charge in [0.15, 0.2) is 0 Å². The average molecular weight is 283 g/mol. The normalized spacial score (nSPS) is 11.1. The largest absolute Gasteiger partial charge is 0.435 e. The van der Waals surface area contributed by atoms with E-state index >= 15 is 0 Å². The van der Waals surface area contributed by atoms with Crippen molar-refractivity contribution in [1.82, 2.24) is 14.7 Å². The molecule has 7 heteroatoms. The SMILES string of the molecule is CN(C)C(=O)CCn1ncc2cc(OC(F)F)ccc21. The van der Waals surface area contributed by atoms with E-state index in [1.54, 1.807) is 31.0 Å². The number of hydrogen-bond acceptors (Lipinski definition) is 3. The van der Waals surface area contributed by atoms with Gasteiger partial charge in [0.25, 0.3) is 0 Å². The molecule has 0 radical (unpaired) electrons. The second kappa shape index (κ2) is 5.85. The van der Waals surface area contributed by atoms with Crippen LogP contribution in [0.4, 0.5) is 8.78 Å². The van der Waals surface area contributed by atoms with Gasteiger partial charge in [0, 0.05) is 25.9 Å². The van der Waals surface area contributed by atoms with Crippen molar-refractivity contribution < 1.29 is 18.3 Å². The van der Waals surface area contributed by atoms with E-state index in [1.165, 1.54) is 17.0 Å². The molecule has 5 nitrogen and oxygen atoms in total. The van der Waals surface area contributed by atoms with Crippen LogP contribution in [0.1, 0.15) is 6.42 Å². The minimum Gasteiger partial charge on any atom is -0.435 e. The minimum absolute atomic E-state index is 0.00584. The number of carbonyl (C=O) groups excluding carboxylic acids is 1. The van der Waals surface area contributed by atoms with Crippen LogP contribution in [-0.4, -0.2) is 41.3 Å². The van der Waals surface area contributed by atoms with Crippen LogP contribution < -0.4 is 4.74 Å². The number of hydrogen-bond donors (Lipinski definition) is 0. The highest BCUT2D eigenvalue weighted by atomic mass is 19.3. The number of ether oxygens (including phenoxy) is 1. The number of aryl methyl sites for hydroxylation is 1. The molecular formula is C13H15F2N3O2. The summed E-state index contributed by atoms with van der Waals surface area (Å²) in [7, 11) is 3.38. The van der Waals surface area contributed by atoms with Gasteiger partial charge in [0.1, 0.15) is 5.75 Å². The van der Waals surface area contributed by atoms with Crippen molar-refractivity contribution >= 4 is 16.8 Å². The molecule has 0 atom stereocenters. The molecule has 0 fully saturated rings. The number of amides is 1. The van der Waals surface area contributed by atoms with E-state index in [0.29, 0.717) is 18.4 Å². The van der Waals surface area contributed by atoms with E-state index in [2.05, 4.69) is 9.84 Å². The van der Waals surface area contributed by atoms with Gasteiger partial charge in [0.2, 0.25) is 5.91 Å². The molecule has 2 aromatic rings. The molecule has 2 rings (SSSR count). The fourth-order valence-electron chi connectivity index (χ4n) is 1.84. The number of carbonyl (C=O) groups is 1. The number of fused-ring (bicyclic) bond motifs is 1. The summed E-state index contributed by atoms with van der Waals surface area (Å²) in [4.78, 5) is 13.0. The lowest BCUT2D eigenvalue weighted by Gasteiger charge is -2.10. The molecule has 0 saturated heterocycles. The maximum atomic E-state index is 12.1. The first-order valence-electron chi connectivity index (χ1n) is 6.08. The van der Waals surface area contributed by atoms with Crippen LogP contribution >= 0.6 is 0 Å². The molecule has 0 saturated carbocycles. The van der Waals surface area contributed by atoms with Gasteiger partial charge < -0.3 is 9.64 Å². The smallest absolute Gasteiger partial charge is 0.387 e. The second-order valence-electron chi connectivity index (χ2n) is 4.51. The molecular weight excluding hydrogens is 268 g/mol. The Hall–Kier alpha value is -2.18. The fourth-order valence-corrected chi connectivity index (χ4v) is 1.84. The van der Waals surface area contributed by atoms with Gasteiger partial charge >= 0.3 is 6.61 Å². The Balaban J connectivity index is 2.14. The van der Waals surface area contributed by atoms with Crippen molar-refractivity contribution in [3.8, 4) is 5.75 Å². The standard InChI is InChI=1S/C13H15F2N3O2/c1-17(2)12(19)5-6-18-11-4-3-10(20-13(14)15)7-9(11)8-16-18/h3-4,7-8,13H,5-6H2,1-2H3. The topological polar surface area (TPSA) is 47.4 Å². The lowest BCUT2D eigenvalue weighted by molar-refractivity contribution is -0.128. The van der Waals surface area contributed by atoms with Crippen LogP contribution in [0.15, 0.2) is 24.4 Å². The van der Waals surface area contributed by atoms with Gasteiger partial charge in [-0.15, -0.1) is 0 Å². The fraction of sp³-hybridized carbons (Fsp3) is 0.385. The Morgan fingerprint density at radius 1 is 1.45 bits per heavy atom. The summed E-state index contributed by atoms with van der Waals surface area (Å²) < 4.78 is 30.3. The molecule has 0 N–H and O–H groups in total. The van der Waals surface area contributed by atoms with Gasteiger partial charge in [0.05, 0.1) is 18.3 Å². The highest BCUT2D eigenvalue weighted by Gasteiger charge is 2.09. The van der Waals surface area contributed by atoms with Gasteiger partial charge in [-0.1, -0.05) is 0 Å². The van der Waals surface area contributed by atoms with Crippen molar-refractivity contribution in [1.29, 1.82) is 0 Å². The highest BCUT2D eigenvalue weighted by molar-refractivity contribution is 5.80. The molecule has 1 aromatic carbocycles. The number of benzene rings is 1. The van der Waals surface area contributed by atoms with Crippen LogP contribution in [0.3, 0.4) is 0 Å². The Morgan fingerprint density at radius 3 is 2.85 bits per heavy atom. The van der Waals surface area contributed by atoms with Crippen LogP contribution in [0.2, 0.25) is 0 Å². The van der Waals surface area contributed by atoms with Crippen LogP contribution in [0.25, 0.3) is 10.9 Å². The van der Waals surface area contributed by atoms with E-state index in [4.69, 9.17) is 0 Å². The molecule has 0 unspecified atom stereocenters. The zero-order valence-corrected chi connectivity index (χ0v) is 11.2. The zero-order chi connectivity index (χ0) is 14.7. The van der Waals surface area contributed by atoms with E-state index < -0.39 is 6.61 Å². The lowest BCUT2D eigenvalue weighted by Crippen LogP contribution is -2.23. The molecule has 0 bridgehead atoms. The average Bonchev–Trinajstić information content (AvgIpc) is 2.77. The van der Waals surface area contributed by atoms with Crippen molar-refractivity contribution in [3.05, 3.63) is 24.4 Å². The highest BCUT2D eigenvalue weighted by Crippen LogP contribution is 2.22. The van der Waals surface area contributed by atoms with Gasteiger partial charge in [-0.25, -0.2) is 0 Å². The first kappa shape index (κ1) is 14.2. The Morgan fingerprint density at radius 2 is 2.20 bits per heavy atom. The van der Waals surface area contributed by atoms with E-state index in [1.807, 2.05) is 0 Å². The lowest BCUT2D eigenvalue weighted by atomic mass is 10.2. The molecule has 1 amide bonds. The Kier molecular flexibility index (Phi) is 4.16. The summed E-state index contributed by atoms with van der Waals surface area (Å²) in [6.07, 6.45) is 1.90. The Bertz CT molecular complexity index is 611. The summed E-state index contributed by atoms with van der Waals surface area (Å²) in [5.41, 5.74) is 0.776. The third-order valence-electron chi connectivity index (χ3n) is 2.87. The Labute approximate surface area is 114 Å². The minimum atomic E-state index is -2.85. The van der Waals surface area contributed by atoms with Crippen molar-refractivity contribution in [2.45, 2.75) is 19.6 Å². The van der Waals surface area contributed by atoms with Gasteiger partial charge in [-0.3, -0.25) is 9.48 Å². The van der Waals surface area contributed by atoms with Crippen LogP contribution in [-0.2, 0) is 11.3 Å². The van der Waals surface area contributed by atoms with Gasteiger partial charge in [-0.2, -0.15) is 13.9 Å². The van der Waals surface area contributed by atoms with E-state index in [9.17, 15) is 13.6 Å². The van der Waals surface area contributed by atoms with E-state index in [-0.39, 0.29) is 11.7 Å². The third-order valence-corrected chi connectivity index (χ3v) is 2.87. The van der Waals surface area contributed by atoms with E-state index in [0.717, 1.165) is 5.52 Å². The predicted octanol–water partition coefficient (Wildman–Crippen LogP) is 2.12. The quantitative estimate of drug-likeness (QED) is 0.844. The first-order chi connectivity index (χ1) is 9.47. The number of halogens is 2. The number of aromatic nitrogens is 2. The molecule has 0 aliphatic rings. The predicted molar refractivity (Wildman–Crippen MR) is 69.7 cm³/mol. The summed E-state index contributed by atoms with van der Waals surface area (Å²) in [5, 5.41) is 4.84. The maximum absolute atomic E-state index is 12.1. The van der Waals surface area contributed by atoms with Crippen LogP contribution in [0, 0.1) is 0 Å². The number of rotatable bonds is 5. The van der Waals surface area contributed by atoms with Gasteiger partial charge in [-0.05, 0) is 18.2 Å². The molecule has 108 valence electrons. The summed E-state index contributed by atoms with van der Waals surface area (Å²) in [6, 6.07) is 4.61. The maximum Gasteiger partial charge on any atom is 0.387 e. The molecule has 0 spiro atoms. The summed E-state index contributed by atoms with van der Waals surface area (Å²) in [5.74, 6) is 0.0997. The number of nitrogens with zero attached hydrogens (tertiary/aromatic N) is 3. The van der Waals surface area contributed by atoms with Crippen molar-refractivity contribution in [2.24, 2.45) is 0 Å². The van der Waals surface area contributed by atoms with Crippen molar-refractivity contribution in [3.63, 3.8) is 0 Å². The molecule has 0 aliphatic carbocycles. The first-order valence-corrected chi connectivity index (χ1v) is 6.08. The molecule has 1 aromatic heterocycles. The van der Waals surface area contributed by atoms with Crippen molar-refractivity contribution in [2.75, 3.05) is 14.1 Å². The van der Waals surface area contributed by atoms with Crippen LogP contribution in [0.5, 0.6) is 5.75 Å². The molecule has 1 heterocycles. The summed E-state index contributed by atoms with van der Waals surface area (Å²) in [6.45, 7) is -2.41.